The molecule has 2 rings (SSSR count). The molecule has 0 spiro atoms. The van der Waals surface area contributed by atoms with E-state index in [9.17, 15) is 9.18 Å². The summed E-state index contributed by atoms with van der Waals surface area (Å²) in [6.07, 6.45) is 2.08. The summed E-state index contributed by atoms with van der Waals surface area (Å²) < 4.78 is 13.0. The molecule has 0 aliphatic carbocycles. The van der Waals surface area contributed by atoms with Crippen molar-refractivity contribution in [1.82, 2.24) is 10.2 Å². The number of rotatable bonds is 4. The second-order valence-corrected chi connectivity index (χ2v) is 5.18. The van der Waals surface area contributed by atoms with Crippen molar-refractivity contribution in [3.63, 3.8) is 0 Å². The number of aryl methyl sites for hydroxylation is 1. The lowest BCUT2D eigenvalue weighted by Gasteiger charge is -2.32. The molecule has 1 fully saturated rings. The Kier molecular flexibility index (Phi) is 4.91. The Labute approximate surface area is 113 Å². The van der Waals surface area contributed by atoms with Gasteiger partial charge in [0.2, 0.25) is 5.91 Å². The number of nitrogens with zero attached hydrogens (tertiary/aromatic N) is 1. The lowest BCUT2D eigenvalue weighted by molar-refractivity contribution is -0.132. The molecule has 1 aromatic carbocycles. The van der Waals surface area contributed by atoms with E-state index in [1.807, 2.05) is 11.0 Å². The lowest BCUT2D eigenvalue weighted by Crippen LogP contribution is -2.51. The molecule has 1 amide bonds. The molecule has 1 aromatic rings. The monoisotopic (exact) mass is 264 g/mol. The Hall–Kier alpha value is -1.42. The fourth-order valence-corrected chi connectivity index (χ4v) is 2.45. The molecule has 0 bridgehead atoms. The van der Waals surface area contributed by atoms with Crippen LogP contribution in [0.3, 0.4) is 0 Å². The van der Waals surface area contributed by atoms with Gasteiger partial charge in [0.1, 0.15) is 5.82 Å². The fraction of sp³-hybridized carbons (Fsp3) is 0.533. The Morgan fingerprint density at radius 2 is 2.37 bits per heavy atom. The zero-order valence-electron chi connectivity index (χ0n) is 11.4. The summed E-state index contributed by atoms with van der Waals surface area (Å²) in [6, 6.07) is 6.97. The summed E-state index contributed by atoms with van der Waals surface area (Å²) in [5.41, 5.74) is 0.960. The molecule has 1 unspecified atom stereocenters. The van der Waals surface area contributed by atoms with Crippen molar-refractivity contribution < 1.29 is 9.18 Å². The number of amides is 1. The third-order valence-electron chi connectivity index (χ3n) is 3.47. The van der Waals surface area contributed by atoms with E-state index in [1.165, 1.54) is 12.1 Å². The van der Waals surface area contributed by atoms with Crippen LogP contribution in [0.1, 0.15) is 25.3 Å². The zero-order chi connectivity index (χ0) is 13.7. The first kappa shape index (κ1) is 14.0. The van der Waals surface area contributed by atoms with Crippen LogP contribution in [0, 0.1) is 5.82 Å². The first-order chi connectivity index (χ1) is 9.15. The molecule has 3 nitrogen and oxygen atoms in total. The number of benzene rings is 1. The van der Waals surface area contributed by atoms with Gasteiger partial charge in [0.25, 0.3) is 0 Å². The maximum absolute atomic E-state index is 13.0. The standard InChI is InChI=1S/C15H21FN2O/c1-12-11-18(9-8-17-12)15(19)7-3-5-13-4-2-6-14(16)10-13/h2,4,6,10,12,17H,3,5,7-9,11H2,1H3. The normalized spacial score (nSPS) is 19.5. The van der Waals surface area contributed by atoms with Crippen LogP contribution in [0.2, 0.25) is 0 Å². The third-order valence-corrected chi connectivity index (χ3v) is 3.47. The van der Waals surface area contributed by atoms with Gasteiger partial charge in [-0.2, -0.15) is 0 Å². The van der Waals surface area contributed by atoms with Crippen molar-refractivity contribution in [3.8, 4) is 0 Å². The van der Waals surface area contributed by atoms with Crippen molar-refractivity contribution >= 4 is 5.91 Å². The van der Waals surface area contributed by atoms with E-state index in [1.54, 1.807) is 6.07 Å². The predicted molar refractivity (Wildman–Crippen MR) is 73.4 cm³/mol. The highest BCUT2D eigenvalue weighted by Crippen LogP contribution is 2.09. The average Bonchev–Trinajstić information content (AvgIpc) is 2.38. The molecule has 19 heavy (non-hydrogen) atoms. The van der Waals surface area contributed by atoms with E-state index in [0.29, 0.717) is 12.5 Å². The Bertz CT molecular complexity index is 436. The van der Waals surface area contributed by atoms with Gasteiger partial charge in [-0.1, -0.05) is 12.1 Å². The highest BCUT2D eigenvalue weighted by atomic mass is 19.1. The van der Waals surface area contributed by atoms with Crippen molar-refractivity contribution in [1.29, 1.82) is 0 Å². The number of piperazine rings is 1. The summed E-state index contributed by atoms with van der Waals surface area (Å²) in [5.74, 6) is 0.00418. The minimum atomic E-state index is -0.209. The van der Waals surface area contributed by atoms with Crippen molar-refractivity contribution in [3.05, 3.63) is 35.6 Å². The zero-order valence-corrected chi connectivity index (χ0v) is 11.4. The quantitative estimate of drug-likeness (QED) is 0.901. The van der Waals surface area contributed by atoms with E-state index < -0.39 is 0 Å². The van der Waals surface area contributed by atoms with Gasteiger partial charge in [-0.25, -0.2) is 4.39 Å². The first-order valence-electron chi connectivity index (χ1n) is 6.91. The lowest BCUT2D eigenvalue weighted by atomic mass is 10.1. The van der Waals surface area contributed by atoms with Crippen LogP contribution in [-0.2, 0) is 11.2 Å². The number of carbonyl (C=O) groups excluding carboxylic acids is 1. The van der Waals surface area contributed by atoms with Crippen LogP contribution in [0.25, 0.3) is 0 Å². The van der Waals surface area contributed by atoms with Gasteiger partial charge >= 0.3 is 0 Å². The van der Waals surface area contributed by atoms with Gasteiger partial charge in [-0.05, 0) is 37.5 Å². The number of halogens is 1. The van der Waals surface area contributed by atoms with Gasteiger partial charge < -0.3 is 10.2 Å². The Morgan fingerprint density at radius 1 is 1.53 bits per heavy atom. The van der Waals surface area contributed by atoms with Crippen molar-refractivity contribution in [2.45, 2.75) is 32.2 Å². The van der Waals surface area contributed by atoms with Gasteiger partial charge in [0.05, 0.1) is 0 Å². The third kappa shape index (κ3) is 4.31. The van der Waals surface area contributed by atoms with Crippen LogP contribution < -0.4 is 5.32 Å². The minimum Gasteiger partial charge on any atom is -0.340 e. The molecule has 0 aromatic heterocycles. The molecule has 0 radical (unpaired) electrons. The second-order valence-electron chi connectivity index (χ2n) is 5.18. The van der Waals surface area contributed by atoms with Gasteiger partial charge in [0, 0.05) is 32.1 Å². The number of nitrogens with one attached hydrogen (secondary N) is 1. The summed E-state index contributed by atoms with van der Waals surface area (Å²) >= 11 is 0. The summed E-state index contributed by atoms with van der Waals surface area (Å²) in [6.45, 7) is 4.55. The average molecular weight is 264 g/mol. The molecule has 1 heterocycles. The molecule has 4 heteroatoms. The van der Waals surface area contributed by atoms with E-state index in [0.717, 1.165) is 38.0 Å². The maximum atomic E-state index is 13.0. The smallest absolute Gasteiger partial charge is 0.222 e. The van der Waals surface area contributed by atoms with Gasteiger partial charge in [-0.15, -0.1) is 0 Å². The fourth-order valence-electron chi connectivity index (χ4n) is 2.45. The molecule has 1 N–H and O–H groups in total. The van der Waals surface area contributed by atoms with Crippen LogP contribution in [0.4, 0.5) is 4.39 Å². The summed E-state index contributed by atoms with van der Waals surface area (Å²) in [7, 11) is 0. The number of hydrogen-bond acceptors (Lipinski definition) is 2. The second kappa shape index (κ2) is 6.66. The molecule has 1 atom stereocenters. The van der Waals surface area contributed by atoms with Gasteiger partial charge in [-0.3, -0.25) is 4.79 Å². The molecule has 1 aliphatic rings. The summed E-state index contributed by atoms with van der Waals surface area (Å²) in [4.78, 5) is 13.9. The highest BCUT2D eigenvalue weighted by Gasteiger charge is 2.19. The number of carbonyl (C=O) groups is 1. The van der Waals surface area contributed by atoms with Crippen LogP contribution in [0.5, 0.6) is 0 Å². The SMILES string of the molecule is CC1CN(C(=O)CCCc2cccc(F)c2)CCN1. The molecule has 1 aliphatic heterocycles. The van der Waals surface area contributed by atoms with E-state index in [4.69, 9.17) is 0 Å². The largest absolute Gasteiger partial charge is 0.340 e. The van der Waals surface area contributed by atoms with Crippen molar-refractivity contribution in [2.75, 3.05) is 19.6 Å². The summed E-state index contributed by atoms with van der Waals surface area (Å²) in [5, 5.41) is 3.32. The molecule has 0 saturated carbocycles. The Balaban J connectivity index is 1.74. The minimum absolute atomic E-state index is 0.209. The first-order valence-corrected chi connectivity index (χ1v) is 6.91. The maximum Gasteiger partial charge on any atom is 0.222 e. The topological polar surface area (TPSA) is 32.3 Å². The van der Waals surface area contributed by atoms with Crippen LogP contribution in [-0.4, -0.2) is 36.5 Å². The Morgan fingerprint density at radius 3 is 3.11 bits per heavy atom. The molecule has 1 saturated heterocycles. The van der Waals surface area contributed by atoms with Crippen molar-refractivity contribution in [2.24, 2.45) is 0 Å². The van der Waals surface area contributed by atoms with Gasteiger partial charge in [0.15, 0.2) is 0 Å². The van der Waals surface area contributed by atoms with E-state index in [-0.39, 0.29) is 11.7 Å². The van der Waals surface area contributed by atoms with E-state index in [2.05, 4.69) is 12.2 Å². The van der Waals surface area contributed by atoms with Crippen LogP contribution >= 0.6 is 0 Å². The number of hydrogen-bond donors (Lipinski definition) is 1. The predicted octanol–water partition coefficient (Wildman–Crippen LogP) is 1.97. The molecular weight excluding hydrogens is 243 g/mol. The highest BCUT2D eigenvalue weighted by molar-refractivity contribution is 5.76. The molecular formula is C15H21FN2O. The van der Waals surface area contributed by atoms with E-state index >= 15 is 0 Å². The molecule has 104 valence electrons. The van der Waals surface area contributed by atoms with Crippen LogP contribution in [0.15, 0.2) is 24.3 Å².